The first-order valence-electron chi connectivity index (χ1n) is 7.61. The second-order valence-corrected chi connectivity index (χ2v) is 5.56. The van der Waals surface area contributed by atoms with Crippen molar-refractivity contribution in [1.82, 2.24) is 5.32 Å². The summed E-state index contributed by atoms with van der Waals surface area (Å²) in [5, 5.41) is 2.38. The molecule has 0 aliphatic carbocycles. The normalized spacial score (nSPS) is 12.3. The maximum absolute atomic E-state index is 12.8. The van der Waals surface area contributed by atoms with Crippen molar-refractivity contribution in [1.29, 1.82) is 0 Å². The maximum Gasteiger partial charge on any atom is 0.416 e. The monoisotopic (exact) mass is 366 g/mol. The fourth-order valence-corrected chi connectivity index (χ4v) is 2.34. The van der Waals surface area contributed by atoms with Crippen LogP contribution >= 0.6 is 0 Å². The van der Waals surface area contributed by atoms with Crippen LogP contribution in [-0.2, 0) is 17.4 Å². The summed E-state index contributed by atoms with van der Waals surface area (Å²) in [4.78, 5) is 23.9. The quantitative estimate of drug-likeness (QED) is 0.824. The van der Waals surface area contributed by atoms with Crippen molar-refractivity contribution >= 4 is 11.8 Å². The molecule has 5 nitrogen and oxygen atoms in total. The standard InChI is InChI=1S/C18H17F3N2O3/c1-26-14-7-2-4-11(8-14)9-15(16(22)24)23-17(25)12-5-3-6-13(10-12)18(19,20)21/h2-8,10,15H,9H2,1H3,(H2,22,24)(H,23,25)/t15-/m1/s1. The van der Waals surface area contributed by atoms with Gasteiger partial charge in [-0.2, -0.15) is 13.2 Å². The fourth-order valence-electron chi connectivity index (χ4n) is 2.34. The molecule has 0 aliphatic heterocycles. The summed E-state index contributed by atoms with van der Waals surface area (Å²) < 4.78 is 43.4. The third-order valence-corrected chi connectivity index (χ3v) is 3.67. The number of amides is 2. The van der Waals surface area contributed by atoms with Crippen LogP contribution in [0.1, 0.15) is 21.5 Å². The molecule has 0 unspecified atom stereocenters. The minimum atomic E-state index is -4.57. The highest BCUT2D eigenvalue weighted by atomic mass is 19.4. The van der Waals surface area contributed by atoms with Crippen LogP contribution in [-0.4, -0.2) is 25.0 Å². The van der Waals surface area contributed by atoms with Crippen LogP contribution in [0.4, 0.5) is 13.2 Å². The number of rotatable bonds is 6. The minimum Gasteiger partial charge on any atom is -0.497 e. The Balaban J connectivity index is 2.17. The van der Waals surface area contributed by atoms with Crippen molar-refractivity contribution in [3.63, 3.8) is 0 Å². The number of benzene rings is 2. The van der Waals surface area contributed by atoms with Gasteiger partial charge in [0.1, 0.15) is 11.8 Å². The van der Waals surface area contributed by atoms with Gasteiger partial charge in [-0.05, 0) is 35.9 Å². The molecule has 2 amide bonds. The zero-order valence-electron chi connectivity index (χ0n) is 13.8. The van der Waals surface area contributed by atoms with Gasteiger partial charge in [-0.3, -0.25) is 9.59 Å². The van der Waals surface area contributed by atoms with Crippen LogP contribution in [0.5, 0.6) is 5.75 Å². The van der Waals surface area contributed by atoms with E-state index < -0.39 is 29.6 Å². The largest absolute Gasteiger partial charge is 0.497 e. The van der Waals surface area contributed by atoms with Crippen molar-refractivity contribution in [2.75, 3.05) is 7.11 Å². The van der Waals surface area contributed by atoms with Gasteiger partial charge in [0.05, 0.1) is 12.7 Å². The third-order valence-electron chi connectivity index (χ3n) is 3.67. The molecule has 0 bridgehead atoms. The van der Waals surface area contributed by atoms with E-state index in [1.807, 2.05) is 0 Å². The van der Waals surface area contributed by atoms with Crippen LogP contribution < -0.4 is 15.8 Å². The van der Waals surface area contributed by atoms with Crippen molar-refractivity contribution in [3.8, 4) is 5.75 Å². The molecule has 0 aromatic heterocycles. The van der Waals surface area contributed by atoms with E-state index in [2.05, 4.69) is 5.32 Å². The van der Waals surface area contributed by atoms with Gasteiger partial charge in [-0.25, -0.2) is 0 Å². The Morgan fingerprint density at radius 3 is 2.46 bits per heavy atom. The Bertz CT molecular complexity index is 806. The molecule has 0 aliphatic rings. The lowest BCUT2D eigenvalue weighted by Crippen LogP contribution is -2.45. The first kappa shape index (κ1) is 19.3. The number of alkyl halides is 3. The predicted octanol–water partition coefficient (Wildman–Crippen LogP) is 2.54. The van der Waals surface area contributed by atoms with E-state index in [1.54, 1.807) is 24.3 Å². The van der Waals surface area contributed by atoms with Crippen molar-refractivity contribution in [3.05, 3.63) is 65.2 Å². The van der Waals surface area contributed by atoms with E-state index in [9.17, 15) is 22.8 Å². The lowest BCUT2D eigenvalue weighted by molar-refractivity contribution is -0.137. The van der Waals surface area contributed by atoms with E-state index >= 15 is 0 Å². The summed E-state index contributed by atoms with van der Waals surface area (Å²) in [6, 6.07) is 9.67. The van der Waals surface area contributed by atoms with Crippen LogP contribution in [0.3, 0.4) is 0 Å². The molecule has 2 rings (SSSR count). The molecule has 0 heterocycles. The highest BCUT2D eigenvalue weighted by Gasteiger charge is 2.31. The fraction of sp³-hybridized carbons (Fsp3) is 0.222. The number of carbonyl (C=O) groups is 2. The number of halogens is 3. The molecular weight excluding hydrogens is 349 g/mol. The topological polar surface area (TPSA) is 81.4 Å². The molecule has 0 saturated carbocycles. The number of ether oxygens (including phenoxy) is 1. The number of hydrogen-bond acceptors (Lipinski definition) is 3. The van der Waals surface area contributed by atoms with E-state index in [1.165, 1.54) is 13.2 Å². The van der Waals surface area contributed by atoms with Gasteiger partial charge in [0.15, 0.2) is 0 Å². The zero-order chi connectivity index (χ0) is 19.3. The lowest BCUT2D eigenvalue weighted by atomic mass is 10.0. The highest BCUT2D eigenvalue weighted by molar-refractivity contribution is 5.97. The molecule has 2 aromatic carbocycles. The molecule has 3 N–H and O–H groups in total. The van der Waals surface area contributed by atoms with E-state index in [4.69, 9.17) is 10.5 Å². The SMILES string of the molecule is COc1cccc(C[C@@H](NC(=O)c2cccc(C(F)(F)F)c2)C(N)=O)c1. The lowest BCUT2D eigenvalue weighted by Gasteiger charge is -2.16. The average molecular weight is 366 g/mol. The first-order valence-corrected chi connectivity index (χ1v) is 7.61. The van der Waals surface area contributed by atoms with Gasteiger partial charge in [0.2, 0.25) is 5.91 Å². The van der Waals surface area contributed by atoms with Crippen LogP contribution in [0.2, 0.25) is 0 Å². The molecule has 0 fully saturated rings. The zero-order valence-corrected chi connectivity index (χ0v) is 13.8. The van der Waals surface area contributed by atoms with Crippen LogP contribution in [0.15, 0.2) is 48.5 Å². The number of methoxy groups -OCH3 is 1. The molecule has 26 heavy (non-hydrogen) atoms. The van der Waals surface area contributed by atoms with Gasteiger partial charge in [0, 0.05) is 12.0 Å². The molecule has 0 radical (unpaired) electrons. The highest BCUT2D eigenvalue weighted by Crippen LogP contribution is 2.29. The molecule has 0 spiro atoms. The summed E-state index contributed by atoms with van der Waals surface area (Å²) in [6.45, 7) is 0. The Kier molecular flexibility index (Phi) is 5.86. The van der Waals surface area contributed by atoms with Gasteiger partial charge in [0.25, 0.3) is 5.91 Å². The van der Waals surface area contributed by atoms with E-state index in [0.717, 1.165) is 18.2 Å². The summed E-state index contributed by atoms with van der Waals surface area (Å²) in [5.74, 6) is -1.05. The third kappa shape index (κ3) is 4.98. The summed E-state index contributed by atoms with van der Waals surface area (Å²) >= 11 is 0. The van der Waals surface area contributed by atoms with Crippen molar-refractivity contribution < 1.29 is 27.5 Å². The van der Waals surface area contributed by atoms with Crippen molar-refractivity contribution in [2.24, 2.45) is 5.73 Å². The van der Waals surface area contributed by atoms with Gasteiger partial charge in [-0.1, -0.05) is 18.2 Å². The Morgan fingerprint density at radius 1 is 1.15 bits per heavy atom. The van der Waals surface area contributed by atoms with Crippen LogP contribution in [0, 0.1) is 0 Å². The smallest absolute Gasteiger partial charge is 0.416 e. The number of carbonyl (C=O) groups excluding carboxylic acids is 2. The minimum absolute atomic E-state index is 0.0806. The Labute approximate surface area is 148 Å². The number of primary amides is 1. The molecule has 138 valence electrons. The molecule has 2 aromatic rings. The summed E-state index contributed by atoms with van der Waals surface area (Å²) in [5.41, 5.74) is 4.83. The summed E-state index contributed by atoms with van der Waals surface area (Å²) in [6.07, 6.45) is -4.49. The first-order chi connectivity index (χ1) is 12.2. The van der Waals surface area contributed by atoms with Crippen molar-refractivity contribution in [2.45, 2.75) is 18.6 Å². The second-order valence-electron chi connectivity index (χ2n) is 5.56. The Hall–Kier alpha value is -3.03. The van der Waals surface area contributed by atoms with Gasteiger partial charge in [-0.15, -0.1) is 0 Å². The second kappa shape index (κ2) is 7.90. The van der Waals surface area contributed by atoms with Gasteiger partial charge >= 0.3 is 6.18 Å². The molecule has 1 atom stereocenters. The van der Waals surface area contributed by atoms with E-state index in [-0.39, 0.29) is 12.0 Å². The number of nitrogens with one attached hydrogen (secondary N) is 1. The summed E-state index contributed by atoms with van der Waals surface area (Å²) in [7, 11) is 1.49. The molecule has 0 saturated heterocycles. The Morgan fingerprint density at radius 2 is 1.85 bits per heavy atom. The predicted molar refractivity (Wildman–Crippen MR) is 88.6 cm³/mol. The molecule has 8 heteroatoms. The number of hydrogen-bond donors (Lipinski definition) is 2. The molecular formula is C18H17F3N2O3. The van der Waals surface area contributed by atoms with Gasteiger partial charge < -0.3 is 15.8 Å². The number of nitrogens with two attached hydrogens (primary N) is 1. The van der Waals surface area contributed by atoms with E-state index in [0.29, 0.717) is 11.3 Å². The van der Waals surface area contributed by atoms with Crippen LogP contribution in [0.25, 0.3) is 0 Å². The maximum atomic E-state index is 12.8. The average Bonchev–Trinajstić information content (AvgIpc) is 2.60.